The summed E-state index contributed by atoms with van der Waals surface area (Å²) < 4.78 is 41.7. The maximum absolute atomic E-state index is 14.2. The molecule has 4 heterocycles. The highest BCUT2D eigenvalue weighted by Crippen LogP contribution is 2.43. The zero-order valence-electron chi connectivity index (χ0n) is 41.6. The van der Waals surface area contributed by atoms with Gasteiger partial charge < -0.3 is 53.4 Å². The minimum atomic E-state index is -0.805. The highest BCUT2D eigenvalue weighted by molar-refractivity contribution is 7.99. The highest BCUT2D eigenvalue weighted by atomic mass is 32.2. The predicted molar refractivity (Wildman–Crippen MR) is 282 cm³/mol. The molecule has 0 aromatic heterocycles. The summed E-state index contributed by atoms with van der Waals surface area (Å²) in [6, 6.07) is 29.0. The monoisotopic (exact) mass is 1010 g/mol. The summed E-state index contributed by atoms with van der Waals surface area (Å²) >= 11 is 1.73. The lowest BCUT2D eigenvalue weighted by Crippen LogP contribution is -2.39. The molecule has 2 N–H and O–H groups in total. The van der Waals surface area contributed by atoms with Crippen molar-refractivity contribution in [2.24, 2.45) is 4.99 Å². The Bertz CT molecular complexity index is 2910. The molecule has 5 aromatic carbocycles. The molecule has 0 unspecified atom stereocenters. The van der Waals surface area contributed by atoms with Crippen molar-refractivity contribution in [3.63, 3.8) is 0 Å². The molecule has 4 aliphatic rings. The summed E-state index contributed by atoms with van der Waals surface area (Å²) in [5.41, 5.74) is 9.13. The van der Waals surface area contributed by atoms with E-state index in [2.05, 4.69) is 46.2 Å². The first-order chi connectivity index (χ1) is 35.6. The molecule has 2 atom stereocenters. The number of carbonyl (C=O) groups is 3. The number of rotatable bonds is 25. The fourth-order valence-electron chi connectivity index (χ4n) is 9.60. The molecule has 0 spiro atoms. The van der Waals surface area contributed by atoms with Crippen LogP contribution in [0.25, 0.3) is 0 Å². The van der Waals surface area contributed by atoms with Crippen LogP contribution in [0.1, 0.15) is 62.7 Å². The van der Waals surface area contributed by atoms with E-state index in [0.29, 0.717) is 122 Å². The van der Waals surface area contributed by atoms with Crippen LogP contribution in [0.5, 0.6) is 23.0 Å². The number of aliphatic imine (C=N–C) groups is 1. The molecule has 16 nitrogen and oxygen atoms in total. The molecular weight excluding hydrogens is 951 g/mol. The van der Waals surface area contributed by atoms with Crippen LogP contribution in [-0.4, -0.2) is 120 Å². The summed E-state index contributed by atoms with van der Waals surface area (Å²) in [4.78, 5) is 50.1. The van der Waals surface area contributed by atoms with Gasteiger partial charge in [0.1, 0.15) is 13.2 Å². The van der Waals surface area contributed by atoms with Gasteiger partial charge in [-0.05, 0) is 83.3 Å². The van der Waals surface area contributed by atoms with E-state index >= 15 is 0 Å². The standard InChI is InChI=1S/C56H61N5O11S/c1-36(73-21-9-14-54(62)63)33-59(15-16-69-19-20-70-18-17-66-2)41-23-37(34-71-52-29-46-44(27-50(52)67-3)55(64)60-42(31-57-46)25-39-10-5-7-12-48(39)60)22-38(24-41)35-72-53-30-47-45(28-51(53)68-4)56(65)61-43(32-58-47)26-40-11-6-8-13-49(40)61/h5-8,10-13,22-24,27-30,36,42,57H,9,14-21,25-26,31,33-35H2,1-4H3,(H,62,63)/t36-,42-/m0/s1. The van der Waals surface area contributed by atoms with E-state index in [1.807, 2.05) is 59.5 Å². The predicted octanol–water partition coefficient (Wildman–Crippen LogP) is 8.73. The molecule has 382 valence electrons. The Morgan fingerprint density at radius 1 is 0.808 bits per heavy atom. The van der Waals surface area contributed by atoms with Gasteiger partial charge in [0.25, 0.3) is 11.8 Å². The van der Waals surface area contributed by atoms with Crippen LogP contribution in [0.2, 0.25) is 0 Å². The number of nitrogens with zero attached hydrogens (tertiary/aromatic N) is 4. The van der Waals surface area contributed by atoms with Crippen LogP contribution in [0, 0.1) is 0 Å². The van der Waals surface area contributed by atoms with E-state index in [1.54, 1.807) is 56.2 Å². The normalized spacial score (nSPS) is 15.4. The SMILES string of the molecule is COCCOCCOCCN(C[C@H](C)SCCCC(=O)O)c1cc(COc2cc3c(cc2OC)C(=O)N2C(=C=N3)Cc3ccccc32)cc(COc2cc3c(cc2OC)C(=O)N2c4ccccc4C[C@H]2CN3)c1. The molecule has 9 rings (SSSR count). The summed E-state index contributed by atoms with van der Waals surface area (Å²) in [5, 5.41) is 12.9. The Balaban J connectivity index is 0.998. The number of hydrogen-bond donors (Lipinski definition) is 2. The van der Waals surface area contributed by atoms with Crippen LogP contribution in [0.4, 0.5) is 28.4 Å². The fourth-order valence-corrected chi connectivity index (χ4v) is 10.6. The van der Waals surface area contributed by atoms with Gasteiger partial charge in [0.2, 0.25) is 0 Å². The first kappa shape index (κ1) is 50.9. The number of carboxylic acids is 1. The zero-order valence-corrected chi connectivity index (χ0v) is 42.5. The van der Waals surface area contributed by atoms with Gasteiger partial charge in [0.15, 0.2) is 23.0 Å². The number of methoxy groups -OCH3 is 3. The molecule has 4 aliphatic heterocycles. The summed E-state index contributed by atoms with van der Waals surface area (Å²) in [5.74, 6) is 4.40. The van der Waals surface area contributed by atoms with E-state index in [0.717, 1.165) is 45.7 Å². The molecule has 73 heavy (non-hydrogen) atoms. The Labute approximate surface area is 429 Å². The maximum atomic E-state index is 14.2. The van der Waals surface area contributed by atoms with Gasteiger partial charge in [0.05, 0.1) is 87.2 Å². The first-order valence-electron chi connectivity index (χ1n) is 24.6. The number of carboxylic acid groups (broad SMARTS) is 1. The van der Waals surface area contributed by atoms with Gasteiger partial charge in [-0.2, -0.15) is 11.8 Å². The Morgan fingerprint density at radius 2 is 1.48 bits per heavy atom. The van der Waals surface area contributed by atoms with E-state index < -0.39 is 5.97 Å². The smallest absolute Gasteiger partial charge is 0.303 e. The largest absolute Gasteiger partial charge is 0.493 e. The van der Waals surface area contributed by atoms with E-state index in [9.17, 15) is 19.5 Å². The van der Waals surface area contributed by atoms with Crippen molar-refractivity contribution in [1.82, 2.24) is 0 Å². The molecule has 0 radical (unpaired) electrons. The Morgan fingerprint density at radius 3 is 2.21 bits per heavy atom. The Kier molecular flexibility index (Phi) is 16.5. The van der Waals surface area contributed by atoms with Gasteiger partial charge in [0, 0.05) is 74.2 Å². The fraction of sp³-hybridized carbons (Fsp3) is 0.375. The van der Waals surface area contributed by atoms with Crippen LogP contribution < -0.4 is 39.0 Å². The summed E-state index contributed by atoms with van der Waals surface area (Å²) in [6.45, 7) is 6.42. The third-order valence-corrected chi connectivity index (χ3v) is 14.4. The van der Waals surface area contributed by atoms with Gasteiger partial charge in [-0.15, -0.1) is 0 Å². The Hall–Kier alpha value is -7.01. The van der Waals surface area contributed by atoms with Crippen LogP contribution in [0.15, 0.2) is 102 Å². The van der Waals surface area contributed by atoms with E-state index in [4.69, 9.17) is 33.2 Å². The molecule has 17 heteroatoms. The second-order valence-electron chi connectivity index (χ2n) is 18.2. The van der Waals surface area contributed by atoms with Gasteiger partial charge in [-0.1, -0.05) is 43.3 Å². The average molecular weight is 1010 g/mol. The highest BCUT2D eigenvalue weighted by Gasteiger charge is 2.38. The number of hydrogen-bond acceptors (Lipinski definition) is 14. The minimum absolute atomic E-state index is 0.0290. The topological polar surface area (TPSA) is 170 Å². The molecular formula is C56H61N5O11S. The average Bonchev–Trinajstić information content (AvgIpc) is 3.89. The van der Waals surface area contributed by atoms with Gasteiger partial charge in [-0.25, -0.2) is 4.99 Å². The van der Waals surface area contributed by atoms with Crippen LogP contribution in [0.3, 0.4) is 0 Å². The van der Waals surface area contributed by atoms with Crippen molar-refractivity contribution in [2.45, 2.75) is 57.1 Å². The molecule has 0 saturated heterocycles. The maximum Gasteiger partial charge on any atom is 0.303 e. The first-order valence-corrected chi connectivity index (χ1v) is 25.6. The number of fused-ring (bicyclic) bond motifs is 8. The molecule has 0 saturated carbocycles. The second-order valence-corrected chi connectivity index (χ2v) is 19.7. The number of benzene rings is 5. The van der Waals surface area contributed by atoms with E-state index in [1.165, 1.54) is 0 Å². The molecule has 0 aliphatic carbocycles. The lowest BCUT2D eigenvalue weighted by molar-refractivity contribution is -0.137. The number of para-hydroxylation sites is 2. The van der Waals surface area contributed by atoms with E-state index in [-0.39, 0.29) is 42.7 Å². The number of allylic oxidation sites excluding steroid dienone is 1. The number of aliphatic carboxylic acids is 1. The quantitative estimate of drug-likeness (QED) is 0.0532. The number of thioether (sulfide) groups is 1. The van der Waals surface area contributed by atoms with Gasteiger partial charge in [-0.3, -0.25) is 19.3 Å². The zero-order chi connectivity index (χ0) is 50.8. The number of ether oxygens (including phenoxy) is 7. The van der Waals surface area contributed by atoms with Crippen molar-refractivity contribution in [3.8, 4) is 23.0 Å². The third kappa shape index (κ3) is 11.8. The van der Waals surface area contributed by atoms with Crippen LogP contribution >= 0.6 is 11.8 Å². The van der Waals surface area contributed by atoms with Crippen molar-refractivity contribution in [2.75, 3.05) is 99.8 Å². The van der Waals surface area contributed by atoms with Crippen molar-refractivity contribution in [1.29, 1.82) is 0 Å². The molecule has 2 amide bonds. The lowest BCUT2D eigenvalue weighted by Gasteiger charge is -2.29. The minimum Gasteiger partial charge on any atom is -0.493 e. The molecule has 0 fully saturated rings. The molecule has 0 bridgehead atoms. The number of anilines is 4. The summed E-state index contributed by atoms with van der Waals surface area (Å²) in [7, 11) is 4.74. The van der Waals surface area contributed by atoms with Crippen LogP contribution in [-0.2, 0) is 45.1 Å². The number of nitrogens with one attached hydrogen (secondary N) is 1. The molecule has 5 aromatic rings. The summed E-state index contributed by atoms with van der Waals surface area (Å²) in [6.07, 6.45) is 2.00. The van der Waals surface area contributed by atoms with Gasteiger partial charge >= 0.3 is 5.97 Å². The third-order valence-electron chi connectivity index (χ3n) is 13.1. The lowest BCUT2D eigenvalue weighted by atomic mass is 10.1. The number of amides is 2. The van der Waals surface area contributed by atoms with Crippen molar-refractivity contribution < 1.29 is 52.6 Å². The van der Waals surface area contributed by atoms with Crippen molar-refractivity contribution >= 4 is 63.9 Å². The number of carbonyl (C=O) groups excluding carboxylic acids is 2. The second kappa shape index (κ2) is 23.7. The van der Waals surface area contributed by atoms with Crippen molar-refractivity contribution in [3.05, 3.63) is 130 Å².